The van der Waals surface area contributed by atoms with Gasteiger partial charge in [-0.1, -0.05) is 12.1 Å². The fourth-order valence-corrected chi connectivity index (χ4v) is 6.91. The number of nitrogens with zero attached hydrogens (tertiary/aromatic N) is 4. The molecule has 0 saturated carbocycles. The lowest BCUT2D eigenvalue weighted by atomic mass is 9.97. The first-order valence-corrected chi connectivity index (χ1v) is 13.8. The van der Waals surface area contributed by atoms with Crippen LogP contribution in [0.25, 0.3) is 0 Å². The van der Waals surface area contributed by atoms with E-state index in [4.69, 9.17) is 5.26 Å². The fraction of sp³-hybridized carbons (Fsp3) is 0.625. The number of nitriles is 1. The molecule has 0 unspecified atom stereocenters. The first-order valence-electron chi connectivity index (χ1n) is 12.4. The lowest BCUT2D eigenvalue weighted by molar-refractivity contribution is -0.142. The quantitative estimate of drug-likeness (QED) is 0.537. The molecule has 208 valence electrons. The van der Waals surface area contributed by atoms with Gasteiger partial charge in [0, 0.05) is 32.6 Å². The molecule has 2 amide bonds. The normalized spacial score (nSPS) is 26.4. The van der Waals surface area contributed by atoms with Crippen molar-refractivity contribution in [2.75, 3.05) is 32.7 Å². The highest BCUT2D eigenvalue weighted by Crippen LogP contribution is 2.32. The van der Waals surface area contributed by atoms with Crippen molar-refractivity contribution in [3.05, 3.63) is 35.4 Å². The van der Waals surface area contributed by atoms with Crippen molar-refractivity contribution >= 4 is 22.0 Å². The molecule has 3 fully saturated rings. The molecule has 1 aromatic carbocycles. The monoisotopic (exact) mass is 559 g/mol. The average Bonchev–Trinajstić information content (AvgIpc) is 3.24. The van der Waals surface area contributed by atoms with E-state index in [2.05, 4.69) is 5.32 Å². The predicted octanol–water partition coefficient (Wildman–Crippen LogP) is 2.23. The molecule has 0 aliphatic carbocycles. The summed E-state index contributed by atoms with van der Waals surface area (Å²) in [6, 6.07) is 4.53. The van der Waals surface area contributed by atoms with Gasteiger partial charge in [-0.25, -0.2) is 4.39 Å². The summed E-state index contributed by atoms with van der Waals surface area (Å²) in [4.78, 5) is 27.5. The number of rotatable bonds is 6. The second-order valence-corrected chi connectivity index (χ2v) is 12.0. The molecule has 1 aromatic rings. The van der Waals surface area contributed by atoms with E-state index >= 15 is 0 Å². The van der Waals surface area contributed by atoms with Gasteiger partial charge in [-0.15, -0.1) is 0 Å². The minimum absolute atomic E-state index is 0.0932. The molecule has 3 aliphatic rings. The van der Waals surface area contributed by atoms with E-state index in [9.17, 15) is 35.6 Å². The van der Waals surface area contributed by atoms with Gasteiger partial charge in [0.2, 0.25) is 11.8 Å². The van der Waals surface area contributed by atoms with E-state index in [-0.39, 0.29) is 50.6 Å². The molecule has 0 bridgehead atoms. The highest BCUT2D eigenvalue weighted by Gasteiger charge is 2.46. The number of likely N-dealkylation sites (tertiary alicyclic amines) is 1. The Morgan fingerprint density at radius 1 is 1.16 bits per heavy atom. The molecule has 3 aliphatic heterocycles. The van der Waals surface area contributed by atoms with Crippen molar-refractivity contribution in [1.82, 2.24) is 18.8 Å². The van der Waals surface area contributed by atoms with Crippen LogP contribution in [0.1, 0.15) is 43.4 Å². The van der Waals surface area contributed by atoms with Crippen LogP contribution in [0.2, 0.25) is 0 Å². The highest BCUT2D eigenvalue weighted by molar-refractivity contribution is 7.86. The summed E-state index contributed by atoms with van der Waals surface area (Å²) in [6.07, 6.45) is -5.50. The Hall–Kier alpha value is -2.76. The third kappa shape index (κ3) is 5.79. The topological polar surface area (TPSA) is 114 Å². The zero-order valence-electron chi connectivity index (χ0n) is 20.7. The summed E-state index contributed by atoms with van der Waals surface area (Å²) in [5.41, 5.74) is -0.658. The Balaban J connectivity index is 1.42. The standard InChI is InChI=1S/C24H29F4N5O4S/c1-15(17-4-2-6-19(8-17)24(26,27)28)30-22(34)21-9-20(25)14-33(21)23(35)18-5-3-7-31(13-18)38(36,37)32-11-16(10-29)12-32/h2,4,6,8,15-16,18,20-21H,3,5,7,9,11-14H2,1H3,(H,30,34)/t15-,18+,20+,21-/m1/s1. The van der Waals surface area contributed by atoms with Gasteiger partial charge in [-0.3, -0.25) is 9.59 Å². The Labute approximate surface area is 218 Å². The zero-order chi connectivity index (χ0) is 27.8. The summed E-state index contributed by atoms with van der Waals surface area (Å²) in [6.45, 7) is 1.46. The number of piperidine rings is 1. The van der Waals surface area contributed by atoms with E-state index in [1.807, 2.05) is 6.07 Å². The van der Waals surface area contributed by atoms with Crippen LogP contribution < -0.4 is 5.32 Å². The molecule has 4 rings (SSSR count). The van der Waals surface area contributed by atoms with E-state index in [0.717, 1.165) is 17.0 Å². The number of amides is 2. The number of hydrogen-bond acceptors (Lipinski definition) is 5. The van der Waals surface area contributed by atoms with Crippen LogP contribution in [0.4, 0.5) is 17.6 Å². The van der Waals surface area contributed by atoms with Gasteiger partial charge in [0.05, 0.1) is 36.1 Å². The Kier molecular flexibility index (Phi) is 8.02. The van der Waals surface area contributed by atoms with Crippen LogP contribution in [0.3, 0.4) is 0 Å². The average molecular weight is 560 g/mol. The SMILES string of the molecule is C[C@@H](NC(=O)[C@H]1C[C@H](F)CN1C(=O)[C@H]1CCCN(S(=O)(=O)N2CC(C#N)C2)C1)c1cccc(C(F)(F)F)c1. The van der Waals surface area contributed by atoms with Crippen LogP contribution in [0, 0.1) is 23.2 Å². The number of nitrogens with one attached hydrogen (secondary N) is 1. The Morgan fingerprint density at radius 3 is 2.53 bits per heavy atom. The lowest BCUT2D eigenvalue weighted by Crippen LogP contribution is -2.57. The van der Waals surface area contributed by atoms with Crippen LogP contribution >= 0.6 is 0 Å². The molecular formula is C24H29F4N5O4S. The highest BCUT2D eigenvalue weighted by atomic mass is 32.2. The van der Waals surface area contributed by atoms with Crippen molar-refractivity contribution < 1.29 is 35.6 Å². The van der Waals surface area contributed by atoms with Crippen molar-refractivity contribution in [2.24, 2.45) is 11.8 Å². The van der Waals surface area contributed by atoms with E-state index < -0.39 is 57.9 Å². The number of alkyl halides is 4. The molecule has 0 radical (unpaired) electrons. The second kappa shape index (κ2) is 10.8. The van der Waals surface area contributed by atoms with Gasteiger partial charge >= 0.3 is 6.18 Å². The zero-order valence-corrected chi connectivity index (χ0v) is 21.5. The molecule has 9 nitrogen and oxygen atoms in total. The van der Waals surface area contributed by atoms with Gasteiger partial charge in [0.25, 0.3) is 10.2 Å². The van der Waals surface area contributed by atoms with Crippen molar-refractivity contribution in [2.45, 2.75) is 50.6 Å². The van der Waals surface area contributed by atoms with Gasteiger partial charge in [-0.2, -0.15) is 35.5 Å². The number of carbonyl (C=O) groups is 2. The van der Waals surface area contributed by atoms with Crippen LogP contribution in [-0.4, -0.2) is 78.7 Å². The van der Waals surface area contributed by atoms with Crippen LogP contribution in [0.5, 0.6) is 0 Å². The minimum atomic E-state index is -4.55. The van der Waals surface area contributed by atoms with E-state index in [0.29, 0.717) is 12.8 Å². The van der Waals surface area contributed by atoms with Gasteiger partial charge in [0.1, 0.15) is 12.2 Å². The van der Waals surface area contributed by atoms with Gasteiger partial charge in [0.15, 0.2) is 0 Å². The second-order valence-electron chi connectivity index (χ2n) is 10.0. The maximum absolute atomic E-state index is 14.4. The molecular weight excluding hydrogens is 530 g/mol. The third-order valence-electron chi connectivity index (χ3n) is 7.33. The molecule has 0 aromatic heterocycles. The van der Waals surface area contributed by atoms with Gasteiger partial charge < -0.3 is 10.2 Å². The van der Waals surface area contributed by atoms with Crippen molar-refractivity contribution in [1.29, 1.82) is 5.26 Å². The first-order chi connectivity index (χ1) is 17.8. The molecule has 3 saturated heterocycles. The van der Waals surface area contributed by atoms with E-state index in [1.54, 1.807) is 0 Å². The number of carbonyl (C=O) groups excluding carboxylic acids is 2. The van der Waals surface area contributed by atoms with Crippen LogP contribution in [-0.2, 0) is 26.0 Å². The summed E-state index contributed by atoms with van der Waals surface area (Å²) in [5, 5.41) is 11.5. The lowest BCUT2D eigenvalue weighted by Gasteiger charge is -2.41. The maximum Gasteiger partial charge on any atom is 0.416 e. The molecule has 38 heavy (non-hydrogen) atoms. The molecule has 0 spiro atoms. The first kappa shape index (κ1) is 28.3. The third-order valence-corrected chi connectivity index (χ3v) is 9.26. The molecule has 14 heteroatoms. The molecule has 4 atom stereocenters. The summed E-state index contributed by atoms with van der Waals surface area (Å²) >= 11 is 0. The Bertz CT molecular complexity index is 1210. The smallest absolute Gasteiger partial charge is 0.348 e. The Morgan fingerprint density at radius 2 is 1.87 bits per heavy atom. The number of benzene rings is 1. The number of halogens is 4. The fourth-order valence-electron chi connectivity index (χ4n) is 5.11. The minimum Gasteiger partial charge on any atom is -0.348 e. The summed E-state index contributed by atoms with van der Waals surface area (Å²) < 4.78 is 81.8. The maximum atomic E-state index is 14.4. The largest absolute Gasteiger partial charge is 0.416 e. The van der Waals surface area contributed by atoms with Crippen molar-refractivity contribution in [3.8, 4) is 6.07 Å². The van der Waals surface area contributed by atoms with E-state index in [1.165, 1.54) is 27.7 Å². The van der Waals surface area contributed by atoms with Crippen LogP contribution in [0.15, 0.2) is 24.3 Å². The predicted molar refractivity (Wildman–Crippen MR) is 127 cm³/mol. The number of hydrogen-bond donors (Lipinski definition) is 1. The molecule has 1 N–H and O–H groups in total. The summed E-state index contributed by atoms with van der Waals surface area (Å²) in [5.74, 6) is -2.36. The summed E-state index contributed by atoms with van der Waals surface area (Å²) in [7, 11) is -3.85. The van der Waals surface area contributed by atoms with Gasteiger partial charge in [-0.05, 0) is 37.5 Å². The van der Waals surface area contributed by atoms with Crippen molar-refractivity contribution in [3.63, 3.8) is 0 Å². The molecule has 3 heterocycles.